The Bertz CT molecular complexity index is 1380. The van der Waals surface area contributed by atoms with E-state index in [0.717, 1.165) is 11.1 Å². The van der Waals surface area contributed by atoms with Crippen molar-refractivity contribution in [3.8, 4) is 5.88 Å². The van der Waals surface area contributed by atoms with Gasteiger partial charge in [0.1, 0.15) is 5.82 Å². The van der Waals surface area contributed by atoms with Crippen molar-refractivity contribution in [3.63, 3.8) is 0 Å². The average Bonchev–Trinajstić information content (AvgIpc) is 3.40. The van der Waals surface area contributed by atoms with Crippen LogP contribution in [-0.2, 0) is 29.2 Å². The predicted molar refractivity (Wildman–Crippen MR) is 120 cm³/mol. The summed E-state index contributed by atoms with van der Waals surface area (Å²) in [6.07, 6.45) is 3.31. The zero-order chi connectivity index (χ0) is 22.9. The zero-order valence-corrected chi connectivity index (χ0v) is 17.5. The standard InChI is InChI=1S/C25H20FN3O4/c26-18-5-6-20-19(10-18)22(24(30)29-20)23(15-3-4-16-12-33-13-17(16)9-15)28-21(25(31)32)8-14-2-1-7-27-11-14/h1-7,9-11,21,29-30H,8,12-13H2,(H,31,32). The van der Waals surface area contributed by atoms with Crippen molar-refractivity contribution in [1.82, 2.24) is 9.97 Å². The summed E-state index contributed by atoms with van der Waals surface area (Å²) in [7, 11) is 0. The number of rotatable bonds is 6. The molecule has 1 unspecified atom stereocenters. The van der Waals surface area contributed by atoms with E-state index in [9.17, 15) is 19.4 Å². The first-order valence-corrected chi connectivity index (χ1v) is 10.4. The number of aliphatic carboxylic acids is 1. The van der Waals surface area contributed by atoms with Crippen LogP contribution in [0.2, 0.25) is 0 Å². The van der Waals surface area contributed by atoms with Crippen LogP contribution in [0.5, 0.6) is 5.88 Å². The van der Waals surface area contributed by atoms with Gasteiger partial charge >= 0.3 is 5.97 Å². The van der Waals surface area contributed by atoms with Gasteiger partial charge in [-0.15, -0.1) is 0 Å². The fourth-order valence-corrected chi connectivity index (χ4v) is 4.08. The van der Waals surface area contributed by atoms with Crippen molar-refractivity contribution in [2.45, 2.75) is 25.7 Å². The highest BCUT2D eigenvalue weighted by molar-refractivity contribution is 6.21. The number of nitrogens with zero attached hydrogens (tertiary/aromatic N) is 2. The maximum absolute atomic E-state index is 14.1. The number of halogens is 1. The molecule has 8 heteroatoms. The van der Waals surface area contributed by atoms with E-state index in [2.05, 4.69) is 15.0 Å². The summed E-state index contributed by atoms with van der Waals surface area (Å²) in [5.74, 6) is -1.81. The van der Waals surface area contributed by atoms with Crippen LogP contribution in [0.4, 0.5) is 4.39 Å². The molecule has 5 rings (SSSR count). The quantitative estimate of drug-likeness (QED) is 0.389. The molecule has 4 aromatic rings. The lowest BCUT2D eigenvalue weighted by Crippen LogP contribution is -2.23. The molecule has 3 N–H and O–H groups in total. The number of aromatic hydroxyl groups is 1. The van der Waals surface area contributed by atoms with Gasteiger partial charge in [-0.3, -0.25) is 9.98 Å². The molecule has 1 atom stereocenters. The highest BCUT2D eigenvalue weighted by atomic mass is 19.1. The minimum atomic E-state index is -1.15. The van der Waals surface area contributed by atoms with E-state index in [1.807, 2.05) is 18.2 Å². The summed E-state index contributed by atoms with van der Waals surface area (Å²) in [6.45, 7) is 0.938. The number of carboxylic acid groups (broad SMARTS) is 1. The fraction of sp³-hybridized carbons (Fsp3) is 0.160. The molecular weight excluding hydrogens is 425 g/mol. The van der Waals surface area contributed by atoms with E-state index in [-0.39, 0.29) is 23.6 Å². The first kappa shape index (κ1) is 20.8. The first-order chi connectivity index (χ1) is 16.0. The molecule has 0 fully saturated rings. The third kappa shape index (κ3) is 4.08. The number of aromatic amines is 1. The van der Waals surface area contributed by atoms with Gasteiger partial charge in [0, 0.05) is 35.3 Å². The predicted octanol–water partition coefficient (Wildman–Crippen LogP) is 3.97. The first-order valence-electron chi connectivity index (χ1n) is 10.4. The van der Waals surface area contributed by atoms with Crippen molar-refractivity contribution in [3.05, 3.63) is 94.6 Å². The van der Waals surface area contributed by atoms with Gasteiger partial charge in [0.05, 0.1) is 24.5 Å². The Labute approximate surface area is 188 Å². The lowest BCUT2D eigenvalue weighted by atomic mass is 9.97. The van der Waals surface area contributed by atoms with Crippen LogP contribution in [0.15, 0.2) is 65.9 Å². The SMILES string of the molecule is O=C(O)C(Cc1cccnc1)N=C(c1ccc2c(c1)COC2)c1c(O)[nH]c2ccc(F)cc12. The van der Waals surface area contributed by atoms with E-state index in [4.69, 9.17) is 4.74 Å². The minimum absolute atomic E-state index is 0.109. The molecule has 33 heavy (non-hydrogen) atoms. The van der Waals surface area contributed by atoms with Gasteiger partial charge in [-0.2, -0.15) is 0 Å². The summed E-state index contributed by atoms with van der Waals surface area (Å²) >= 11 is 0. The van der Waals surface area contributed by atoms with Gasteiger partial charge in [-0.05, 0) is 47.0 Å². The molecule has 0 amide bonds. The number of aliphatic imine (C=N–C) groups is 1. The summed E-state index contributed by atoms with van der Waals surface area (Å²) in [4.78, 5) is 23.6. The minimum Gasteiger partial charge on any atom is -0.494 e. The highest BCUT2D eigenvalue weighted by Gasteiger charge is 2.25. The van der Waals surface area contributed by atoms with Gasteiger partial charge < -0.3 is 19.9 Å². The lowest BCUT2D eigenvalue weighted by Gasteiger charge is -2.14. The molecule has 0 spiro atoms. The van der Waals surface area contributed by atoms with Gasteiger partial charge in [0.2, 0.25) is 0 Å². The Morgan fingerprint density at radius 1 is 1.18 bits per heavy atom. The normalized spacial score (nSPS) is 14.4. The van der Waals surface area contributed by atoms with Crippen LogP contribution in [0.25, 0.3) is 10.9 Å². The fourth-order valence-electron chi connectivity index (χ4n) is 4.08. The van der Waals surface area contributed by atoms with Gasteiger partial charge in [0.25, 0.3) is 0 Å². The molecule has 0 aliphatic carbocycles. The van der Waals surface area contributed by atoms with Crippen LogP contribution in [-0.4, -0.2) is 37.9 Å². The monoisotopic (exact) mass is 445 g/mol. The van der Waals surface area contributed by atoms with Crippen LogP contribution in [0.3, 0.4) is 0 Å². The number of nitrogens with one attached hydrogen (secondary N) is 1. The van der Waals surface area contributed by atoms with Gasteiger partial charge in [-0.25, -0.2) is 9.18 Å². The zero-order valence-electron chi connectivity index (χ0n) is 17.5. The molecule has 0 radical (unpaired) electrons. The third-order valence-corrected chi connectivity index (χ3v) is 5.69. The number of pyridine rings is 1. The summed E-state index contributed by atoms with van der Waals surface area (Å²) in [5, 5.41) is 21.1. The molecule has 0 bridgehead atoms. The number of aromatic nitrogens is 2. The van der Waals surface area contributed by atoms with Crippen molar-refractivity contribution < 1.29 is 24.1 Å². The molecule has 166 valence electrons. The van der Waals surface area contributed by atoms with E-state index in [1.54, 1.807) is 24.5 Å². The maximum Gasteiger partial charge on any atom is 0.328 e. The molecule has 0 saturated carbocycles. The second-order valence-electron chi connectivity index (χ2n) is 7.91. The number of hydrogen-bond acceptors (Lipinski definition) is 5. The van der Waals surface area contributed by atoms with E-state index < -0.39 is 17.8 Å². The Hall–Kier alpha value is -4.04. The molecule has 7 nitrogen and oxygen atoms in total. The van der Waals surface area contributed by atoms with Crippen molar-refractivity contribution in [2.75, 3.05) is 0 Å². The van der Waals surface area contributed by atoms with E-state index in [1.165, 1.54) is 18.2 Å². The number of ether oxygens (including phenoxy) is 1. The van der Waals surface area contributed by atoms with Crippen LogP contribution in [0.1, 0.15) is 27.8 Å². The Balaban J connectivity index is 1.70. The molecular formula is C25H20FN3O4. The Kier molecular flexibility index (Phi) is 5.35. The second kappa shape index (κ2) is 8.48. The van der Waals surface area contributed by atoms with Crippen LogP contribution < -0.4 is 0 Å². The smallest absolute Gasteiger partial charge is 0.328 e. The summed E-state index contributed by atoms with van der Waals surface area (Å²) in [5.41, 5.74) is 4.35. The topological polar surface area (TPSA) is 108 Å². The largest absolute Gasteiger partial charge is 0.494 e. The molecule has 2 aromatic carbocycles. The number of carbonyl (C=O) groups is 1. The second-order valence-corrected chi connectivity index (χ2v) is 7.91. The number of H-pyrrole nitrogens is 1. The van der Waals surface area contributed by atoms with E-state index in [0.29, 0.717) is 35.2 Å². The summed E-state index contributed by atoms with van der Waals surface area (Å²) in [6, 6.07) is 12.1. The third-order valence-electron chi connectivity index (χ3n) is 5.69. The Morgan fingerprint density at radius 3 is 2.82 bits per heavy atom. The lowest BCUT2D eigenvalue weighted by molar-refractivity contribution is -0.138. The number of benzene rings is 2. The number of carboxylic acids is 1. The molecule has 3 heterocycles. The van der Waals surface area contributed by atoms with Crippen LogP contribution >= 0.6 is 0 Å². The van der Waals surface area contributed by atoms with Crippen LogP contribution in [0, 0.1) is 5.82 Å². The summed E-state index contributed by atoms with van der Waals surface area (Å²) < 4.78 is 19.6. The maximum atomic E-state index is 14.1. The number of hydrogen-bond donors (Lipinski definition) is 3. The molecule has 2 aromatic heterocycles. The van der Waals surface area contributed by atoms with Crippen molar-refractivity contribution in [1.29, 1.82) is 0 Å². The number of fused-ring (bicyclic) bond motifs is 2. The van der Waals surface area contributed by atoms with Crippen molar-refractivity contribution >= 4 is 22.6 Å². The van der Waals surface area contributed by atoms with E-state index >= 15 is 0 Å². The highest BCUT2D eigenvalue weighted by Crippen LogP contribution is 2.32. The van der Waals surface area contributed by atoms with Crippen molar-refractivity contribution in [2.24, 2.45) is 4.99 Å². The van der Waals surface area contributed by atoms with Gasteiger partial charge in [-0.1, -0.05) is 18.2 Å². The Morgan fingerprint density at radius 2 is 2.03 bits per heavy atom. The molecule has 1 aliphatic rings. The molecule has 0 saturated heterocycles. The molecule has 1 aliphatic heterocycles. The van der Waals surface area contributed by atoms with Gasteiger partial charge in [0.15, 0.2) is 11.9 Å². The average molecular weight is 445 g/mol.